The molecule has 0 spiro atoms. The Morgan fingerprint density at radius 3 is 2.37 bits per heavy atom. The Kier molecular flexibility index (Phi) is 4.85. The highest BCUT2D eigenvalue weighted by molar-refractivity contribution is 9.10. The number of aliphatic hydroxyl groups is 1. The smallest absolute Gasteiger partial charge is 0.155 e. The third-order valence-corrected chi connectivity index (χ3v) is 6.75. The fourth-order valence-corrected chi connectivity index (χ4v) is 3.07. The minimum absolute atomic E-state index is 0.240. The van der Waals surface area contributed by atoms with Crippen LogP contribution in [-0.4, -0.2) is 40.4 Å². The molecule has 0 bridgehead atoms. The van der Waals surface area contributed by atoms with E-state index in [2.05, 4.69) is 21.0 Å². The van der Waals surface area contributed by atoms with E-state index in [9.17, 15) is 13.5 Å². The molecular formula is C12H21BrN2O3S. The quantitative estimate of drug-likeness (QED) is 0.870. The van der Waals surface area contributed by atoms with Gasteiger partial charge in [0.1, 0.15) is 0 Å². The molecule has 1 N–H and O–H groups in total. The molecule has 0 saturated carbocycles. The third kappa shape index (κ3) is 3.20. The van der Waals surface area contributed by atoms with E-state index in [4.69, 9.17) is 0 Å². The van der Waals surface area contributed by atoms with Crippen molar-refractivity contribution in [3.05, 3.63) is 15.9 Å². The second-order valence-corrected chi connectivity index (χ2v) is 8.67. The van der Waals surface area contributed by atoms with Crippen molar-refractivity contribution < 1.29 is 13.5 Å². The van der Waals surface area contributed by atoms with Crippen LogP contribution in [0.5, 0.6) is 0 Å². The van der Waals surface area contributed by atoms with E-state index < -0.39 is 20.7 Å². The molecule has 0 amide bonds. The molecule has 0 aliphatic rings. The molecule has 0 aromatic carbocycles. The van der Waals surface area contributed by atoms with Crippen LogP contribution in [0.1, 0.15) is 32.2 Å². The van der Waals surface area contributed by atoms with Crippen LogP contribution in [-0.2, 0) is 29.7 Å². The zero-order valence-electron chi connectivity index (χ0n) is 11.9. The summed E-state index contributed by atoms with van der Waals surface area (Å²) in [5.74, 6) is 0. The Morgan fingerprint density at radius 2 is 2.00 bits per heavy atom. The van der Waals surface area contributed by atoms with E-state index in [0.29, 0.717) is 0 Å². The van der Waals surface area contributed by atoms with E-state index >= 15 is 0 Å². The summed E-state index contributed by atoms with van der Waals surface area (Å²) >= 11 is 3.46. The molecule has 1 heterocycles. The molecule has 19 heavy (non-hydrogen) atoms. The number of aromatic nitrogens is 2. The summed E-state index contributed by atoms with van der Waals surface area (Å²) in [7, 11) is -1.55. The van der Waals surface area contributed by atoms with Gasteiger partial charge in [0, 0.05) is 19.7 Å². The summed E-state index contributed by atoms with van der Waals surface area (Å²) in [6.45, 7) is 5.07. The van der Waals surface area contributed by atoms with E-state index in [1.807, 2.05) is 6.92 Å². The SMILES string of the molecule is CCc1nn(C)c(CC(O)C(C)(C)S(C)(=O)=O)c1Br. The molecule has 1 unspecified atom stereocenters. The van der Waals surface area contributed by atoms with Gasteiger partial charge in [0.05, 0.1) is 26.7 Å². The minimum atomic E-state index is -3.34. The lowest BCUT2D eigenvalue weighted by Gasteiger charge is -2.28. The monoisotopic (exact) mass is 352 g/mol. The van der Waals surface area contributed by atoms with Crippen molar-refractivity contribution in [1.29, 1.82) is 0 Å². The maximum absolute atomic E-state index is 11.7. The molecule has 0 aliphatic heterocycles. The van der Waals surface area contributed by atoms with Crippen molar-refractivity contribution in [1.82, 2.24) is 9.78 Å². The van der Waals surface area contributed by atoms with Crippen LogP contribution in [0.15, 0.2) is 4.47 Å². The molecule has 7 heteroatoms. The van der Waals surface area contributed by atoms with Gasteiger partial charge in [-0.15, -0.1) is 0 Å². The summed E-state index contributed by atoms with van der Waals surface area (Å²) in [5, 5.41) is 14.6. The second-order valence-electron chi connectivity index (χ2n) is 5.28. The number of hydrogen-bond donors (Lipinski definition) is 1. The van der Waals surface area contributed by atoms with Gasteiger partial charge >= 0.3 is 0 Å². The number of aryl methyl sites for hydroxylation is 2. The number of sulfone groups is 1. The molecular weight excluding hydrogens is 332 g/mol. The molecule has 1 aromatic heterocycles. The Balaban J connectivity index is 3.08. The van der Waals surface area contributed by atoms with Crippen molar-refractivity contribution in [2.24, 2.45) is 7.05 Å². The first kappa shape index (κ1) is 16.7. The van der Waals surface area contributed by atoms with E-state index in [1.165, 1.54) is 13.8 Å². The summed E-state index contributed by atoms with van der Waals surface area (Å²) in [4.78, 5) is 0. The van der Waals surface area contributed by atoms with Crippen LogP contribution in [0, 0.1) is 0 Å². The normalized spacial score (nSPS) is 14.7. The predicted octanol–water partition coefficient (Wildman–Crippen LogP) is 1.47. The second kappa shape index (κ2) is 5.54. The summed E-state index contributed by atoms with van der Waals surface area (Å²) in [6.07, 6.45) is 1.18. The van der Waals surface area contributed by atoms with Crippen molar-refractivity contribution >= 4 is 25.8 Å². The predicted molar refractivity (Wildman–Crippen MR) is 78.9 cm³/mol. The van der Waals surface area contributed by atoms with Crippen molar-refractivity contribution in [2.45, 2.75) is 44.5 Å². The molecule has 110 valence electrons. The van der Waals surface area contributed by atoms with Crippen molar-refractivity contribution in [3.63, 3.8) is 0 Å². The molecule has 1 atom stereocenters. The number of hydrogen-bond acceptors (Lipinski definition) is 4. The Hall–Kier alpha value is -0.400. The van der Waals surface area contributed by atoms with Crippen LogP contribution < -0.4 is 0 Å². The third-order valence-electron chi connectivity index (χ3n) is 3.65. The van der Waals surface area contributed by atoms with Crippen LogP contribution in [0.25, 0.3) is 0 Å². The highest BCUT2D eigenvalue weighted by Crippen LogP contribution is 2.27. The van der Waals surface area contributed by atoms with E-state index in [0.717, 1.165) is 28.5 Å². The lowest BCUT2D eigenvalue weighted by Crippen LogP contribution is -2.44. The fourth-order valence-electron chi connectivity index (χ4n) is 1.72. The van der Waals surface area contributed by atoms with Crippen LogP contribution in [0.4, 0.5) is 0 Å². The summed E-state index contributed by atoms with van der Waals surface area (Å²) in [5.41, 5.74) is 1.71. The van der Waals surface area contributed by atoms with E-state index in [1.54, 1.807) is 11.7 Å². The fraction of sp³-hybridized carbons (Fsp3) is 0.750. The first-order valence-corrected chi connectivity index (χ1v) is 8.78. The van der Waals surface area contributed by atoms with Crippen LogP contribution in [0.3, 0.4) is 0 Å². The first-order valence-electron chi connectivity index (χ1n) is 6.10. The summed E-state index contributed by atoms with van der Waals surface area (Å²) < 4.78 is 24.8. The highest BCUT2D eigenvalue weighted by atomic mass is 79.9. The Morgan fingerprint density at radius 1 is 1.47 bits per heavy atom. The number of nitrogens with zero attached hydrogens (tertiary/aromatic N) is 2. The summed E-state index contributed by atoms with van der Waals surface area (Å²) in [6, 6.07) is 0. The average molecular weight is 353 g/mol. The standard InChI is InChI=1S/C12H21BrN2O3S/c1-6-8-11(13)9(15(4)14-8)7-10(16)12(2,3)19(5,17)18/h10,16H,6-7H2,1-5H3. The molecule has 5 nitrogen and oxygen atoms in total. The largest absolute Gasteiger partial charge is 0.391 e. The van der Waals surface area contributed by atoms with Gasteiger partial charge in [-0.3, -0.25) is 4.68 Å². The molecule has 1 aromatic rings. The van der Waals surface area contributed by atoms with Crippen molar-refractivity contribution in [3.8, 4) is 0 Å². The lowest BCUT2D eigenvalue weighted by molar-refractivity contribution is 0.135. The van der Waals surface area contributed by atoms with Crippen LogP contribution in [0.2, 0.25) is 0 Å². The van der Waals surface area contributed by atoms with Gasteiger partial charge in [-0.05, 0) is 36.2 Å². The first-order chi connectivity index (χ1) is 8.52. The van der Waals surface area contributed by atoms with Gasteiger partial charge in [-0.25, -0.2) is 8.42 Å². The number of aliphatic hydroxyl groups excluding tert-OH is 1. The maximum atomic E-state index is 11.7. The molecule has 0 saturated heterocycles. The van der Waals surface area contributed by atoms with Gasteiger partial charge in [-0.1, -0.05) is 6.92 Å². The highest BCUT2D eigenvalue weighted by Gasteiger charge is 2.38. The lowest BCUT2D eigenvalue weighted by atomic mass is 10.0. The zero-order chi connectivity index (χ0) is 15.0. The number of rotatable bonds is 5. The minimum Gasteiger partial charge on any atom is -0.391 e. The number of halogens is 1. The van der Waals surface area contributed by atoms with Gasteiger partial charge in [0.2, 0.25) is 0 Å². The average Bonchev–Trinajstić information content (AvgIpc) is 2.54. The molecule has 0 fully saturated rings. The molecule has 0 aliphatic carbocycles. The van der Waals surface area contributed by atoms with Gasteiger partial charge in [0.15, 0.2) is 9.84 Å². The zero-order valence-corrected chi connectivity index (χ0v) is 14.3. The Bertz CT molecular complexity index is 564. The molecule has 0 radical (unpaired) electrons. The molecule has 1 rings (SSSR count). The van der Waals surface area contributed by atoms with Crippen LogP contribution >= 0.6 is 15.9 Å². The Labute approximate surface area is 123 Å². The topological polar surface area (TPSA) is 72.2 Å². The van der Waals surface area contributed by atoms with Gasteiger partial charge < -0.3 is 5.11 Å². The van der Waals surface area contributed by atoms with Gasteiger partial charge in [0.25, 0.3) is 0 Å². The maximum Gasteiger partial charge on any atom is 0.155 e. The van der Waals surface area contributed by atoms with E-state index in [-0.39, 0.29) is 6.42 Å². The van der Waals surface area contributed by atoms with Gasteiger partial charge in [-0.2, -0.15) is 5.10 Å². The van der Waals surface area contributed by atoms with Crippen molar-refractivity contribution in [2.75, 3.05) is 6.26 Å².